The number of aryl methyl sites for hydroxylation is 1. The zero-order valence-corrected chi connectivity index (χ0v) is 11.8. The van der Waals surface area contributed by atoms with Gasteiger partial charge in [0.25, 0.3) is 0 Å². The molecule has 0 aliphatic carbocycles. The van der Waals surface area contributed by atoms with Gasteiger partial charge < -0.3 is 0 Å². The summed E-state index contributed by atoms with van der Waals surface area (Å²) in [7, 11) is 0. The van der Waals surface area contributed by atoms with Crippen molar-refractivity contribution in [2.75, 3.05) is 0 Å². The largest absolute Gasteiger partial charge is 0.265 e. The zero-order chi connectivity index (χ0) is 14.2. The highest BCUT2D eigenvalue weighted by Gasteiger charge is 2.16. The minimum atomic E-state index is -0.581. The maximum Gasteiger partial charge on any atom is 0.126 e. The van der Waals surface area contributed by atoms with E-state index in [1.807, 2.05) is 20.8 Å². The second-order valence-electron chi connectivity index (χ2n) is 4.64. The molecule has 0 fully saturated rings. The van der Waals surface area contributed by atoms with Crippen molar-refractivity contribution in [3.05, 3.63) is 52.3 Å². The van der Waals surface area contributed by atoms with Gasteiger partial charge in [0.1, 0.15) is 11.6 Å². The Hall–Kier alpha value is -1.42. The Morgan fingerprint density at radius 2 is 1.79 bits per heavy atom. The van der Waals surface area contributed by atoms with Gasteiger partial charge in [0.05, 0.1) is 17.6 Å². The van der Waals surface area contributed by atoms with Crippen molar-refractivity contribution in [2.24, 2.45) is 0 Å². The molecule has 5 heteroatoms. The molecule has 0 spiro atoms. The van der Waals surface area contributed by atoms with Gasteiger partial charge in [-0.2, -0.15) is 5.10 Å². The van der Waals surface area contributed by atoms with E-state index in [-0.39, 0.29) is 5.38 Å². The topological polar surface area (TPSA) is 17.8 Å². The van der Waals surface area contributed by atoms with Crippen LogP contribution in [0.4, 0.5) is 8.78 Å². The molecule has 1 unspecified atom stereocenters. The Morgan fingerprint density at radius 3 is 2.26 bits per heavy atom. The van der Waals surface area contributed by atoms with Gasteiger partial charge in [-0.05, 0) is 38.5 Å². The molecule has 0 aliphatic heterocycles. The van der Waals surface area contributed by atoms with Crippen LogP contribution < -0.4 is 0 Å². The molecule has 2 rings (SSSR count). The van der Waals surface area contributed by atoms with E-state index in [2.05, 4.69) is 5.10 Å². The number of halogens is 3. The lowest BCUT2D eigenvalue weighted by Gasteiger charge is -2.07. The van der Waals surface area contributed by atoms with Crippen LogP contribution in [0.1, 0.15) is 34.8 Å². The average molecular weight is 285 g/mol. The fourth-order valence-corrected chi connectivity index (χ4v) is 2.63. The first-order valence-corrected chi connectivity index (χ1v) is 6.45. The first-order valence-electron chi connectivity index (χ1n) is 6.01. The molecule has 0 N–H and O–H groups in total. The van der Waals surface area contributed by atoms with Gasteiger partial charge in [0, 0.05) is 17.3 Å². The quantitative estimate of drug-likeness (QED) is 0.775. The molecule has 1 aromatic carbocycles. The smallest absolute Gasteiger partial charge is 0.126 e. The second-order valence-corrected chi connectivity index (χ2v) is 5.29. The Balaban J connectivity index is 2.36. The number of hydrogen-bond donors (Lipinski definition) is 0. The summed E-state index contributed by atoms with van der Waals surface area (Å²) in [6.45, 7) is 5.99. The number of rotatable bonds is 3. The van der Waals surface area contributed by atoms with Crippen molar-refractivity contribution < 1.29 is 8.78 Å². The van der Waals surface area contributed by atoms with E-state index >= 15 is 0 Å². The predicted octanol–water partition coefficient (Wildman–Crippen LogP) is 4.13. The van der Waals surface area contributed by atoms with Crippen LogP contribution in [0.25, 0.3) is 0 Å². The van der Waals surface area contributed by atoms with Gasteiger partial charge in [-0.3, -0.25) is 4.68 Å². The minimum Gasteiger partial charge on any atom is -0.265 e. The van der Waals surface area contributed by atoms with Crippen LogP contribution in [0, 0.1) is 25.5 Å². The molecule has 1 heterocycles. The number of nitrogens with zero attached hydrogens (tertiary/aromatic N) is 2. The molecule has 1 aromatic heterocycles. The van der Waals surface area contributed by atoms with E-state index in [0.717, 1.165) is 23.0 Å². The summed E-state index contributed by atoms with van der Waals surface area (Å²) >= 11 is 6.11. The summed E-state index contributed by atoms with van der Waals surface area (Å²) in [5.74, 6) is -1.16. The molecule has 1 atom stereocenters. The highest BCUT2D eigenvalue weighted by Crippen LogP contribution is 2.26. The second kappa shape index (κ2) is 5.29. The van der Waals surface area contributed by atoms with Gasteiger partial charge in [-0.25, -0.2) is 8.78 Å². The Bertz CT molecular complexity index is 585. The van der Waals surface area contributed by atoms with Crippen LogP contribution in [0.5, 0.6) is 0 Å². The van der Waals surface area contributed by atoms with E-state index in [1.165, 1.54) is 12.1 Å². The lowest BCUT2D eigenvalue weighted by molar-refractivity contribution is 0.572. The van der Waals surface area contributed by atoms with Gasteiger partial charge in [0.15, 0.2) is 0 Å². The van der Waals surface area contributed by atoms with Gasteiger partial charge >= 0.3 is 0 Å². The summed E-state index contributed by atoms with van der Waals surface area (Å²) in [6.07, 6.45) is 0. The summed E-state index contributed by atoms with van der Waals surface area (Å²) in [5.41, 5.74) is 3.27. The fraction of sp³-hybridized carbons (Fsp3) is 0.357. The first-order chi connectivity index (χ1) is 8.88. The molecule has 0 aliphatic rings. The van der Waals surface area contributed by atoms with Crippen LogP contribution in [0.2, 0.25) is 0 Å². The number of hydrogen-bond acceptors (Lipinski definition) is 1. The molecule has 0 saturated carbocycles. The lowest BCUT2D eigenvalue weighted by atomic mass is 10.1. The van der Waals surface area contributed by atoms with E-state index in [1.54, 1.807) is 4.68 Å². The zero-order valence-electron chi connectivity index (χ0n) is 11.0. The number of aromatic nitrogens is 2. The normalized spacial score (nSPS) is 12.7. The lowest BCUT2D eigenvalue weighted by Crippen LogP contribution is -2.05. The third kappa shape index (κ3) is 2.95. The van der Waals surface area contributed by atoms with Crippen LogP contribution in [0.3, 0.4) is 0 Å². The molecule has 0 saturated heterocycles. The molecule has 2 aromatic rings. The third-order valence-corrected chi connectivity index (χ3v) is 3.31. The van der Waals surface area contributed by atoms with E-state index < -0.39 is 11.6 Å². The molecule has 0 radical (unpaired) electrons. The van der Waals surface area contributed by atoms with Crippen molar-refractivity contribution in [3.63, 3.8) is 0 Å². The monoisotopic (exact) mass is 284 g/mol. The predicted molar refractivity (Wildman–Crippen MR) is 71.4 cm³/mol. The third-order valence-electron chi connectivity index (χ3n) is 3.09. The summed E-state index contributed by atoms with van der Waals surface area (Å²) in [6, 6.07) is 3.48. The Morgan fingerprint density at radius 1 is 1.21 bits per heavy atom. The SMILES string of the molecule is Cc1nn(Cc2cc(F)cc(F)c2)c(C)c1C(C)Cl. The van der Waals surface area contributed by atoms with Gasteiger partial charge in [-0.15, -0.1) is 11.6 Å². The van der Waals surface area contributed by atoms with Crippen LogP contribution >= 0.6 is 11.6 Å². The summed E-state index contributed by atoms with van der Waals surface area (Å²) in [5, 5.41) is 4.23. The number of benzene rings is 1. The molecular weight excluding hydrogens is 270 g/mol. The highest BCUT2D eigenvalue weighted by atomic mass is 35.5. The number of alkyl halides is 1. The molecule has 0 amide bonds. The van der Waals surface area contributed by atoms with Crippen molar-refractivity contribution in [3.8, 4) is 0 Å². The first kappa shape index (κ1) is 14.0. The Kier molecular flexibility index (Phi) is 3.90. The summed E-state index contributed by atoms with van der Waals surface area (Å²) in [4.78, 5) is 0. The molecular formula is C14H15ClF2N2. The van der Waals surface area contributed by atoms with Crippen molar-refractivity contribution in [1.82, 2.24) is 9.78 Å². The maximum absolute atomic E-state index is 13.2. The maximum atomic E-state index is 13.2. The highest BCUT2D eigenvalue weighted by molar-refractivity contribution is 6.20. The van der Waals surface area contributed by atoms with E-state index in [4.69, 9.17) is 11.6 Å². The molecule has 102 valence electrons. The Labute approximate surface area is 116 Å². The molecule has 2 nitrogen and oxygen atoms in total. The van der Waals surface area contributed by atoms with E-state index in [0.29, 0.717) is 12.1 Å². The van der Waals surface area contributed by atoms with Crippen LogP contribution in [-0.4, -0.2) is 9.78 Å². The standard InChI is InChI=1S/C14H15ClF2N2/c1-8(15)14-9(2)18-19(10(14)3)7-11-4-12(16)6-13(17)5-11/h4-6,8H,7H2,1-3H3. The fourth-order valence-electron chi connectivity index (χ4n) is 2.32. The molecule has 0 bridgehead atoms. The van der Waals surface area contributed by atoms with Crippen LogP contribution in [-0.2, 0) is 6.54 Å². The van der Waals surface area contributed by atoms with Crippen LogP contribution in [0.15, 0.2) is 18.2 Å². The van der Waals surface area contributed by atoms with Crippen molar-refractivity contribution in [1.29, 1.82) is 0 Å². The van der Waals surface area contributed by atoms with Gasteiger partial charge in [0.2, 0.25) is 0 Å². The van der Waals surface area contributed by atoms with E-state index in [9.17, 15) is 8.78 Å². The van der Waals surface area contributed by atoms with Crippen molar-refractivity contribution in [2.45, 2.75) is 32.7 Å². The van der Waals surface area contributed by atoms with Gasteiger partial charge in [-0.1, -0.05) is 0 Å². The minimum absolute atomic E-state index is 0.141. The molecule has 19 heavy (non-hydrogen) atoms. The average Bonchev–Trinajstić information content (AvgIpc) is 2.52. The summed E-state index contributed by atoms with van der Waals surface area (Å²) < 4.78 is 28.0. The van der Waals surface area contributed by atoms with Crippen molar-refractivity contribution >= 4 is 11.6 Å².